The maximum Gasteiger partial charge on any atom is 0.193 e. The lowest BCUT2D eigenvalue weighted by Gasteiger charge is -1.93. The molecule has 1 aromatic rings. The Kier molecular flexibility index (Phi) is 1.32. The Morgan fingerprint density at radius 2 is 2.18 bits per heavy atom. The van der Waals surface area contributed by atoms with Gasteiger partial charge in [-0.2, -0.15) is 0 Å². The molecular weight excluding hydrogens is 138 g/mol. The average Bonchev–Trinajstić information content (AvgIpc) is 2.46. The number of anilines is 1. The first-order valence-electron chi connectivity index (χ1n) is 3.60. The van der Waals surface area contributed by atoms with Crippen LogP contribution in [0.15, 0.2) is 36.2 Å². The van der Waals surface area contributed by atoms with Gasteiger partial charge in [0, 0.05) is 0 Å². The second-order valence-corrected chi connectivity index (χ2v) is 2.38. The van der Waals surface area contributed by atoms with Crippen LogP contribution in [0.25, 0.3) is 0 Å². The van der Waals surface area contributed by atoms with Crippen molar-refractivity contribution in [1.82, 2.24) is 0 Å². The highest BCUT2D eigenvalue weighted by Gasteiger charge is 2.13. The van der Waals surface area contributed by atoms with Gasteiger partial charge in [0.15, 0.2) is 11.6 Å². The van der Waals surface area contributed by atoms with E-state index >= 15 is 0 Å². The number of nitrogens with one attached hydrogen (secondary N) is 1. The molecule has 0 aromatic heterocycles. The van der Waals surface area contributed by atoms with Gasteiger partial charge in [0.25, 0.3) is 0 Å². The minimum atomic E-state index is 0.811. The third kappa shape index (κ3) is 0.963. The van der Waals surface area contributed by atoms with Crippen molar-refractivity contribution >= 4 is 5.69 Å². The molecule has 0 bridgehead atoms. The first-order valence-corrected chi connectivity index (χ1v) is 3.60. The summed E-state index contributed by atoms with van der Waals surface area (Å²) in [4.78, 5) is 0. The zero-order valence-electron chi connectivity index (χ0n) is 6.29. The summed E-state index contributed by atoms with van der Waals surface area (Å²) in [6.07, 6.45) is 1.90. The van der Waals surface area contributed by atoms with Crippen molar-refractivity contribution < 1.29 is 4.74 Å². The van der Waals surface area contributed by atoms with Gasteiger partial charge < -0.3 is 10.1 Å². The van der Waals surface area contributed by atoms with Gasteiger partial charge >= 0.3 is 0 Å². The van der Waals surface area contributed by atoms with Gasteiger partial charge in [0.05, 0.1) is 5.69 Å². The summed E-state index contributed by atoms with van der Waals surface area (Å²) in [6.45, 7) is 1.94. The van der Waals surface area contributed by atoms with E-state index in [1.165, 1.54) is 0 Å². The molecule has 0 saturated heterocycles. The molecule has 1 aliphatic rings. The Morgan fingerprint density at radius 1 is 1.36 bits per heavy atom. The van der Waals surface area contributed by atoms with Crippen LogP contribution in [0.3, 0.4) is 0 Å². The topological polar surface area (TPSA) is 21.3 Å². The summed E-state index contributed by atoms with van der Waals surface area (Å²) >= 11 is 0. The van der Waals surface area contributed by atoms with Crippen LogP contribution in [0.5, 0.6) is 5.75 Å². The average molecular weight is 147 g/mol. The minimum Gasteiger partial charge on any atom is -0.439 e. The molecule has 1 aromatic carbocycles. The quantitative estimate of drug-likeness (QED) is 0.608. The lowest BCUT2D eigenvalue weighted by atomic mass is 10.3. The van der Waals surface area contributed by atoms with Gasteiger partial charge in [-0.1, -0.05) is 12.1 Å². The van der Waals surface area contributed by atoms with E-state index in [9.17, 15) is 0 Å². The van der Waals surface area contributed by atoms with Gasteiger partial charge in [-0.3, -0.25) is 0 Å². The Morgan fingerprint density at radius 3 is 2.91 bits per heavy atom. The van der Waals surface area contributed by atoms with E-state index in [-0.39, 0.29) is 0 Å². The molecule has 0 atom stereocenters. The lowest BCUT2D eigenvalue weighted by Crippen LogP contribution is -1.94. The van der Waals surface area contributed by atoms with Crippen LogP contribution in [0.1, 0.15) is 6.92 Å². The summed E-state index contributed by atoms with van der Waals surface area (Å²) in [5, 5.41) is 3.12. The Balaban J connectivity index is 2.41. The smallest absolute Gasteiger partial charge is 0.193 e. The molecule has 1 heterocycles. The highest BCUT2D eigenvalue weighted by Crippen LogP contribution is 2.32. The maximum absolute atomic E-state index is 5.41. The van der Waals surface area contributed by atoms with E-state index in [4.69, 9.17) is 4.74 Å². The van der Waals surface area contributed by atoms with Crippen molar-refractivity contribution in [3.05, 3.63) is 36.2 Å². The zero-order valence-corrected chi connectivity index (χ0v) is 6.29. The number of hydrogen-bond acceptors (Lipinski definition) is 2. The van der Waals surface area contributed by atoms with E-state index in [1.54, 1.807) is 0 Å². The molecule has 56 valence electrons. The number of hydrogen-bond donors (Lipinski definition) is 1. The Bertz CT molecular complexity index is 277. The fourth-order valence-electron chi connectivity index (χ4n) is 1.07. The van der Waals surface area contributed by atoms with E-state index in [1.807, 2.05) is 37.3 Å². The molecule has 1 aliphatic heterocycles. The van der Waals surface area contributed by atoms with Crippen LogP contribution in [0.2, 0.25) is 0 Å². The molecule has 0 spiro atoms. The molecule has 2 heteroatoms. The number of allylic oxidation sites excluding steroid dienone is 1. The predicted octanol–water partition coefficient (Wildman–Crippen LogP) is 2.35. The minimum absolute atomic E-state index is 0.811. The third-order valence-electron chi connectivity index (χ3n) is 1.63. The first-order chi connectivity index (χ1) is 5.40. The molecule has 11 heavy (non-hydrogen) atoms. The van der Waals surface area contributed by atoms with Crippen LogP contribution in [0.4, 0.5) is 5.69 Å². The van der Waals surface area contributed by atoms with Crippen molar-refractivity contribution in [1.29, 1.82) is 0 Å². The van der Waals surface area contributed by atoms with Crippen LogP contribution in [-0.2, 0) is 0 Å². The van der Waals surface area contributed by atoms with Gasteiger partial charge in [0.1, 0.15) is 0 Å². The van der Waals surface area contributed by atoms with Gasteiger partial charge in [-0.25, -0.2) is 0 Å². The summed E-state index contributed by atoms with van der Waals surface area (Å²) in [5.74, 6) is 1.71. The van der Waals surface area contributed by atoms with Gasteiger partial charge in [-0.05, 0) is 25.1 Å². The largest absolute Gasteiger partial charge is 0.439 e. The second-order valence-electron chi connectivity index (χ2n) is 2.38. The number of benzene rings is 1. The third-order valence-corrected chi connectivity index (χ3v) is 1.63. The summed E-state index contributed by atoms with van der Waals surface area (Å²) < 4.78 is 5.41. The lowest BCUT2D eigenvalue weighted by molar-refractivity contribution is 0.456. The van der Waals surface area contributed by atoms with Crippen molar-refractivity contribution in [3.8, 4) is 5.75 Å². The molecular formula is C9H9NO. The fourth-order valence-corrected chi connectivity index (χ4v) is 1.07. The van der Waals surface area contributed by atoms with Crippen LogP contribution in [0, 0.1) is 0 Å². The zero-order chi connectivity index (χ0) is 7.68. The summed E-state index contributed by atoms with van der Waals surface area (Å²) in [6, 6.07) is 7.87. The molecule has 0 fully saturated rings. The molecule has 0 radical (unpaired) electrons. The molecule has 2 rings (SSSR count). The first kappa shape index (κ1) is 6.28. The SMILES string of the molecule is CC=C1Nc2ccccc2O1. The van der Waals surface area contributed by atoms with Crippen molar-refractivity contribution in [2.45, 2.75) is 6.92 Å². The number of rotatable bonds is 0. The maximum atomic E-state index is 5.41. The Labute approximate surface area is 65.5 Å². The van der Waals surface area contributed by atoms with Gasteiger partial charge in [0.2, 0.25) is 0 Å². The fraction of sp³-hybridized carbons (Fsp3) is 0.111. The van der Waals surface area contributed by atoms with E-state index in [0.29, 0.717) is 0 Å². The van der Waals surface area contributed by atoms with E-state index < -0.39 is 0 Å². The molecule has 0 amide bonds. The van der Waals surface area contributed by atoms with E-state index in [2.05, 4.69) is 5.32 Å². The standard InChI is InChI=1S/C9H9NO/c1-2-9-10-7-5-3-4-6-8(7)11-9/h2-6,10H,1H3. The normalized spacial score (nSPS) is 17.4. The monoisotopic (exact) mass is 147 g/mol. The van der Waals surface area contributed by atoms with E-state index in [0.717, 1.165) is 17.3 Å². The van der Waals surface area contributed by atoms with Crippen LogP contribution in [-0.4, -0.2) is 0 Å². The van der Waals surface area contributed by atoms with Crippen molar-refractivity contribution in [2.24, 2.45) is 0 Å². The molecule has 0 aliphatic carbocycles. The predicted molar refractivity (Wildman–Crippen MR) is 44.4 cm³/mol. The number of para-hydroxylation sites is 2. The van der Waals surface area contributed by atoms with Crippen molar-refractivity contribution in [3.63, 3.8) is 0 Å². The highest BCUT2D eigenvalue weighted by atomic mass is 16.5. The Hall–Kier alpha value is -1.44. The molecule has 0 saturated carbocycles. The highest BCUT2D eigenvalue weighted by molar-refractivity contribution is 5.63. The second kappa shape index (κ2) is 2.31. The van der Waals surface area contributed by atoms with Gasteiger partial charge in [-0.15, -0.1) is 0 Å². The molecule has 1 N–H and O–H groups in total. The van der Waals surface area contributed by atoms with Crippen molar-refractivity contribution in [2.75, 3.05) is 5.32 Å². The number of ether oxygens (including phenoxy) is 1. The molecule has 0 unspecified atom stereocenters. The van der Waals surface area contributed by atoms with Crippen LogP contribution >= 0.6 is 0 Å². The molecule has 2 nitrogen and oxygen atoms in total. The number of fused-ring (bicyclic) bond motifs is 1. The van der Waals surface area contributed by atoms with Crippen LogP contribution < -0.4 is 10.1 Å². The summed E-state index contributed by atoms with van der Waals surface area (Å²) in [7, 11) is 0. The summed E-state index contributed by atoms with van der Waals surface area (Å²) in [5.41, 5.74) is 1.04.